The molecule has 94 valence electrons. The molecule has 0 aliphatic heterocycles. The molecule has 17 heavy (non-hydrogen) atoms. The SMILES string of the molecule is CCCc1nc(Cl)cc(NCCNC(N)=O)n1. The number of carbonyl (C=O) groups is 1. The van der Waals surface area contributed by atoms with Gasteiger partial charge in [-0.3, -0.25) is 0 Å². The van der Waals surface area contributed by atoms with Crippen molar-refractivity contribution in [1.82, 2.24) is 15.3 Å². The third-order valence-electron chi connectivity index (χ3n) is 1.95. The first-order valence-corrected chi connectivity index (χ1v) is 5.80. The number of hydrogen-bond acceptors (Lipinski definition) is 4. The van der Waals surface area contributed by atoms with Gasteiger partial charge in [0.2, 0.25) is 0 Å². The molecule has 0 fully saturated rings. The second kappa shape index (κ2) is 6.90. The van der Waals surface area contributed by atoms with Crippen molar-refractivity contribution < 1.29 is 4.79 Å². The number of nitrogens with two attached hydrogens (primary N) is 1. The molecular weight excluding hydrogens is 242 g/mol. The minimum Gasteiger partial charge on any atom is -0.368 e. The number of aromatic nitrogens is 2. The van der Waals surface area contributed by atoms with Crippen LogP contribution in [0.1, 0.15) is 19.2 Å². The third-order valence-corrected chi connectivity index (χ3v) is 2.14. The summed E-state index contributed by atoms with van der Waals surface area (Å²) in [5.74, 6) is 1.37. The average molecular weight is 258 g/mol. The first kappa shape index (κ1) is 13.5. The molecule has 1 rings (SSSR count). The fraction of sp³-hybridized carbons (Fsp3) is 0.500. The fourth-order valence-corrected chi connectivity index (χ4v) is 1.47. The van der Waals surface area contributed by atoms with Gasteiger partial charge in [-0.05, 0) is 6.42 Å². The highest BCUT2D eigenvalue weighted by Crippen LogP contribution is 2.12. The van der Waals surface area contributed by atoms with Gasteiger partial charge < -0.3 is 16.4 Å². The molecule has 7 heteroatoms. The van der Waals surface area contributed by atoms with E-state index in [1.807, 2.05) is 6.92 Å². The molecule has 1 aromatic heterocycles. The summed E-state index contributed by atoms with van der Waals surface area (Å²) in [6.07, 6.45) is 1.75. The van der Waals surface area contributed by atoms with Crippen LogP contribution in [0.2, 0.25) is 5.15 Å². The van der Waals surface area contributed by atoms with Gasteiger partial charge >= 0.3 is 6.03 Å². The van der Waals surface area contributed by atoms with Crippen molar-refractivity contribution in [2.45, 2.75) is 19.8 Å². The van der Waals surface area contributed by atoms with Crippen molar-refractivity contribution in [3.8, 4) is 0 Å². The fourth-order valence-electron chi connectivity index (χ4n) is 1.27. The number of rotatable bonds is 6. The summed E-state index contributed by atoms with van der Waals surface area (Å²) < 4.78 is 0. The number of primary amides is 1. The molecular formula is C10H16ClN5O. The Bertz CT molecular complexity index is 385. The van der Waals surface area contributed by atoms with E-state index in [1.165, 1.54) is 0 Å². The second-order valence-corrected chi connectivity index (χ2v) is 3.85. The number of carbonyl (C=O) groups excluding carboxylic acids is 1. The molecule has 0 saturated carbocycles. The highest BCUT2D eigenvalue weighted by Gasteiger charge is 2.02. The van der Waals surface area contributed by atoms with E-state index < -0.39 is 6.03 Å². The predicted octanol–water partition coefficient (Wildman–Crippen LogP) is 1.16. The predicted molar refractivity (Wildman–Crippen MR) is 67.1 cm³/mol. The van der Waals surface area contributed by atoms with Crippen molar-refractivity contribution in [2.75, 3.05) is 18.4 Å². The Morgan fingerprint density at radius 3 is 2.88 bits per heavy atom. The Labute approximate surface area is 105 Å². The standard InChI is InChI=1S/C10H16ClN5O/c1-2-3-8-15-7(11)6-9(16-8)13-4-5-14-10(12)17/h6H,2-5H2,1H3,(H3,12,14,17)(H,13,15,16). The number of halogens is 1. The smallest absolute Gasteiger partial charge is 0.312 e. The Morgan fingerprint density at radius 2 is 2.24 bits per heavy atom. The van der Waals surface area contributed by atoms with E-state index in [0.29, 0.717) is 29.9 Å². The third kappa shape index (κ3) is 5.35. The average Bonchev–Trinajstić information content (AvgIpc) is 2.24. The number of nitrogens with one attached hydrogen (secondary N) is 2. The second-order valence-electron chi connectivity index (χ2n) is 3.46. The van der Waals surface area contributed by atoms with Gasteiger partial charge in [-0.15, -0.1) is 0 Å². The molecule has 0 spiro atoms. The minimum atomic E-state index is -0.542. The van der Waals surface area contributed by atoms with Gasteiger partial charge in [-0.1, -0.05) is 18.5 Å². The normalized spacial score (nSPS) is 10.0. The Morgan fingerprint density at radius 1 is 1.47 bits per heavy atom. The van der Waals surface area contributed by atoms with E-state index in [-0.39, 0.29) is 0 Å². The quantitative estimate of drug-likeness (QED) is 0.527. The zero-order chi connectivity index (χ0) is 12.7. The Balaban J connectivity index is 2.49. The summed E-state index contributed by atoms with van der Waals surface area (Å²) >= 11 is 5.87. The lowest BCUT2D eigenvalue weighted by molar-refractivity contribution is 0.249. The Hall–Kier alpha value is -1.56. The molecule has 1 aromatic rings. The maximum absolute atomic E-state index is 10.4. The molecule has 0 atom stereocenters. The van der Waals surface area contributed by atoms with E-state index in [2.05, 4.69) is 20.6 Å². The molecule has 1 heterocycles. The topological polar surface area (TPSA) is 92.9 Å². The molecule has 0 aliphatic rings. The molecule has 4 N–H and O–H groups in total. The lowest BCUT2D eigenvalue weighted by atomic mass is 10.3. The van der Waals surface area contributed by atoms with Crippen LogP contribution in [0.4, 0.5) is 10.6 Å². The number of anilines is 1. The van der Waals surface area contributed by atoms with E-state index in [0.717, 1.165) is 12.8 Å². The highest BCUT2D eigenvalue weighted by molar-refractivity contribution is 6.29. The van der Waals surface area contributed by atoms with Crippen LogP contribution in [-0.2, 0) is 6.42 Å². The molecule has 0 radical (unpaired) electrons. The summed E-state index contributed by atoms with van der Waals surface area (Å²) in [5.41, 5.74) is 4.94. The first-order chi connectivity index (χ1) is 8.11. The molecule has 2 amide bonds. The summed E-state index contributed by atoms with van der Waals surface area (Å²) in [4.78, 5) is 18.8. The van der Waals surface area contributed by atoms with Gasteiger partial charge in [0.05, 0.1) is 0 Å². The lowest BCUT2D eigenvalue weighted by Crippen LogP contribution is -2.33. The monoisotopic (exact) mass is 257 g/mol. The van der Waals surface area contributed by atoms with Gasteiger partial charge in [-0.25, -0.2) is 14.8 Å². The molecule has 0 unspecified atom stereocenters. The van der Waals surface area contributed by atoms with Crippen molar-refractivity contribution in [1.29, 1.82) is 0 Å². The molecule has 6 nitrogen and oxygen atoms in total. The number of aryl methyl sites for hydroxylation is 1. The van der Waals surface area contributed by atoms with Crippen LogP contribution in [0, 0.1) is 0 Å². The van der Waals surface area contributed by atoms with Crippen LogP contribution >= 0.6 is 11.6 Å². The van der Waals surface area contributed by atoms with Gasteiger partial charge in [-0.2, -0.15) is 0 Å². The van der Waals surface area contributed by atoms with Crippen molar-refractivity contribution in [3.63, 3.8) is 0 Å². The van der Waals surface area contributed by atoms with Crippen LogP contribution in [-0.4, -0.2) is 29.1 Å². The summed E-state index contributed by atoms with van der Waals surface area (Å²) in [6, 6.07) is 1.10. The number of hydrogen-bond donors (Lipinski definition) is 3. The van der Waals surface area contributed by atoms with Gasteiger partial charge in [0.15, 0.2) is 0 Å². The summed E-state index contributed by atoms with van der Waals surface area (Å²) in [7, 11) is 0. The van der Waals surface area contributed by atoms with Gasteiger partial charge in [0.25, 0.3) is 0 Å². The van der Waals surface area contributed by atoms with E-state index in [9.17, 15) is 4.79 Å². The van der Waals surface area contributed by atoms with Crippen LogP contribution in [0.15, 0.2) is 6.07 Å². The van der Waals surface area contributed by atoms with E-state index in [1.54, 1.807) is 6.07 Å². The largest absolute Gasteiger partial charge is 0.368 e. The van der Waals surface area contributed by atoms with Crippen molar-refractivity contribution in [2.24, 2.45) is 5.73 Å². The number of nitrogens with zero attached hydrogens (tertiary/aromatic N) is 2. The van der Waals surface area contributed by atoms with Crippen LogP contribution < -0.4 is 16.4 Å². The molecule has 0 aliphatic carbocycles. The minimum absolute atomic E-state index is 0.411. The van der Waals surface area contributed by atoms with Crippen LogP contribution in [0.25, 0.3) is 0 Å². The molecule has 0 aromatic carbocycles. The zero-order valence-electron chi connectivity index (χ0n) is 9.66. The van der Waals surface area contributed by atoms with Crippen molar-refractivity contribution >= 4 is 23.4 Å². The molecule has 0 bridgehead atoms. The summed E-state index contributed by atoms with van der Waals surface area (Å²) in [5, 5.41) is 5.91. The summed E-state index contributed by atoms with van der Waals surface area (Å²) in [6.45, 7) is 3.01. The van der Waals surface area contributed by atoms with Gasteiger partial charge in [0.1, 0.15) is 16.8 Å². The van der Waals surface area contributed by atoms with Crippen molar-refractivity contribution in [3.05, 3.63) is 17.0 Å². The van der Waals surface area contributed by atoms with Gasteiger partial charge in [0, 0.05) is 25.6 Å². The van der Waals surface area contributed by atoms with E-state index in [4.69, 9.17) is 17.3 Å². The van der Waals surface area contributed by atoms with Crippen LogP contribution in [0.3, 0.4) is 0 Å². The van der Waals surface area contributed by atoms with E-state index >= 15 is 0 Å². The number of urea groups is 1. The molecule has 0 saturated heterocycles. The Kier molecular flexibility index (Phi) is 5.48. The maximum Gasteiger partial charge on any atom is 0.312 e. The maximum atomic E-state index is 10.4. The first-order valence-electron chi connectivity index (χ1n) is 5.42. The highest BCUT2D eigenvalue weighted by atomic mass is 35.5. The zero-order valence-corrected chi connectivity index (χ0v) is 10.4. The van der Waals surface area contributed by atoms with Crippen LogP contribution in [0.5, 0.6) is 0 Å². The lowest BCUT2D eigenvalue weighted by Gasteiger charge is -2.07. The number of amides is 2.